The number of nitrogens with one attached hydrogen (secondary N) is 2. The molecule has 2 amide bonds. The fourth-order valence-corrected chi connectivity index (χ4v) is 4.46. The summed E-state index contributed by atoms with van der Waals surface area (Å²) >= 11 is 0. The summed E-state index contributed by atoms with van der Waals surface area (Å²) in [4.78, 5) is 14.8. The molecular formula is C21H31FN5NaO3S. The molecule has 0 atom stereocenters. The van der Waals surface area contributed by atoms with Crippen LogP contribution in [0.25, 0.3) is 0 Å². The minimum atomic E-state index is -4.17. The number of halogens is 1. The number of hydrogen-bond donors (Lipinski definition) is 2. The predicted molar refractivity (Wildman–Crippen MR) is 124 cm³/mol. The first-order valence-electron chi connectivity index (χ1n) is 10.4. The number of hydrogen-bond acceptors (Lipinski definition) is 5. The molecule has 1 fully saturated rings. The van der Waals surface area contributed by atoms with Crippen molar-refractivity contribution in [3.8, 4) is 0 Å². The number of likely N-dealkylation sites (tertiary alicyclic amines) is 1. The van der Waals surface area contributed by atoms with Crippen molar-refractivity contribution in [2.24, 2.45) is 7.05 Å². The molecule has 1 aliphatic heterocycles. The summed E-state index contributed by atoms with van der Waals surface area (Å²) in [6, 6.07) is 3.29. The van der Waals surface area contributed by atoms with Crippen LogP contribution in [-0.2, 0) is 23.6 Å². The van der Waals surface area contributed by atoms with Crippen molar-refractivity contribution in [2.75, 3.05) is 18.4 Å². The molecule has 2 heterocycles. The number of aryl methyl sites for hydroxylation is 1. The third kappa shape index (κ3) is 6.11. The monoisotopic (exact) mass is 475 g/mol. The van der Waals surface area contributed by atoms with Crippen LogP contribution in [0.3, 0.4) is 0 Å². The molecular weight excluding hydrogens is 444 g/mol. The van der Waals surface area contributed by atoms with Crippen LogP contribution >= 0.6 is 0 Å². The van der Waals surface area contributed by atoms with Gasteiger partial charge in [-0.25, -0.2) is 13.9 Å². The molecule has 3 rings (SSSR count). The van der Waals surface area contributed by atoms with Gasteiger partial charge in [0.05, 0.1) is 5.69 Å². The van der Waals surface area contributed by atoms with Crippen molar-refractivity contribution in [2.45, 2.75) is 57.5 Å². The molecule has 172 valence electrons. The van der Waals surface area contributed by atoms with Gasteiger partial charge in [-0.2, -0.15) is 13.5 Å². The van der Waals surface area contributed by atoms with E-state index in [2.05, 4.69) is 15.3 Å². The average molecular weight is 476 g/mol. The fourth-order valence-electron chi connectivity index (χ4n) is 3.54. The summed E-state index contributed by atoms with van der Waals surface area (Å²) in [5.74, 6) is -0.533. The number of carbonyl (C=O) groups is 1. The van der Waals surface area contributed by atoms with Crippen molar-refractivity contribution in [3.05, 3.63) is 40.8 Å². The Kier molecular flexibility index (Phi) is 8.91. The van der Waals surface area contributed by atoms with Gasteiger partial charge in [-0.05, 0) is 54.6 Å². The zero-order chi connectivity index (χ0) is 22.9. The van der Waals surface area contributed by atoms with Crippen LogP contribution in [0.2, 0.25) is 0 Å². The summed E-state index contributed by atoms with van der Waals surface area (Å²) < 4.78 is 43.1. The van der Waals surface area contributed by atoms with Crippen molar-refractivity contribution in [1.82, 2.24) is 19.4 Å². The molecule has 0 spiro atoms. The molecule has 1 saturated heterocycles. The maximum absolute atomic E-state index is 14.1. The first kappa shape index (κ1) is 26.8. The second kappa shape index (κ2) is 10.6. The third-order valence-corrected chi connectivity index (χ3v) is 6.64. The molecule has 2 N–H and O–H groups in total. The van der Waals surface area contributed by atoms with Gasteiger partial charge in [0.1, 0.15) is 5.82 Å². The number of anilines is 1. The van der Waals surface area contributed by atoms with Gasteiger partial charge in [-0.15, -0.1) is 0 Å². The molecule has 1 aromatic heterocycles. The van der Waals surface area contributed by atoms with Crippen LogP contribution in [0.4, 0.5) is 14.9 Å². The van der Waals surface area contributed by atoms with Crippen LogP contribution in [0.5, 0.6) is 0 Å². The van der Waals surface area contributed by atoms with Gasteiger partial charge in [0.15, 0.2) is 5.03 Å². The van der Waals surface area contributed by atoms with Crippen molar-refractivity contribution in [3.63, 3.8) is 0 Å². The van der Waals surface area contributed by atoms with E-state index in [1.807, 2.05) is 32.4 Å². The number of sulfonamides is 1. The van der Waals surface area contributed by atoms with E-state index in [0.717, 1.165) is 25.2 Å². The van der Waals surface area contributed by atoms with E-state index in [-0.39, 0.29) is 46.4 Å². The van der Waals surface area contributed by atoms with E-state index in [4.69, 9.17) is 0 Å². The summed E-state index contributed by atoms with van der Waals surface area (Å²) in [7, 11) is -2.49. The molecule has 1 aliphatic rings. The summed E-state index contributed by atoms with van der Waals surface area (Å²) in [6.07, 6.45) is 1.13. The summed E-state index contributed by atoms with van der Waals surface area (Å²) in [5.41, 5.74) is 2.39. The average Bonchev–Trinajstić information content (AvgIpc) is 3.00. The van der Waals surface area contributed by atoms with Gasteiger partial charge in [0.2, 0.25) is 0 Å². The second-order valence-corrected chi connectivity index (χ2v) is 10.2. The van der Waals surface area contributed by atoms with Gasteiger partial charge in [-0.1, -0.05) is 27.7 Å². The molecule has 0 radical (unpaired) electrons. The van der Waals surface area contributed by atoms with E-state index in [1.165, 1.54) is 22.9 Å². The molecule has 0 bridgehead atoms. The van der Waals surface area contributed by atoms with E-state index >= 15 is 0 Å². The van der Waals surface area contributed by atoms with E-state index in [9.17, 15) is 17.6 Å². The number of aromatic nitrogens is 2. The maximum atomic E-state index is 14.1. The molecule has 0 aliphatic carbocycles. The minimum absolute atomic E-state index is 0. The number of amides is 2. The van der Waals surface area contributed by atoms with Crippen molar-refractivity contribution < 1.29 is 17.6 Å². The van der Waals surface area contributed by atoms with Gasteiger partial charge < -0.3 is 5.32 Å². The Morgan fingerprint density at radius 2 is 1.69 bits per heavy atom. The van der Waals surface area contributed by atoms with Crippen LogP contribution in [0.15, 0.2) is 23.2 Å². The van der Waals surface area contributed by atoms with Gasteiger partial charge in [-0.3, -0.25) is 9.58 Å². The predicted octanol–water partition coefficient (Wildman–Crippen LogP) is 2.87. The van der Waals surface area contributed by atoms with E-state index < -0.39 is 21.9 Å². The van der Waals surface area contributed by atoms with Gasteiger partial charge >= 0.3 is 35.6 Å². The van der Waals surface area contributed by atoms with Crippen molar-refractivity contribution in [1.29, 1.82) is 0 Å². The summed E-state index contributed by atoms with van der Waals surface area (Å²) in [5, 5.41) is 6.48. The Morgan fingerprint density at radius 1 is 1.12 bits per heavy atom. The molecule has 8 nitrogen and oxygen atoms in total. The summed E-state index contributed by atoms with van der Waals surface area (Å²) in [6.45, 7) is 10.1. The standard InChI is InChI=1S/C21H30FN5O3S.Na.H/c1-13(2)17-9-15(22)10-18(14(3)4)20(17)23-21(28)25-31(29,30)19-11-16(26(5)24-19)12-27-7-6-8-27;;/h9-11,13-14H,6-8,12H2,1-5H3,(H2,23,25,28);;. The normalized spacial score (nSPS) is 14.2. The van der Waals surface area contributed by atoms with Gasteiger partial charge in [0.25, 0.3) is 10.0 Å². The Labute approximate surface area is 211 Å². The third-order valence-electron chi connectivity index (χ3n) is 5.44. The molecule has 32 heavy (non-hydrogen) atoms. The quantitative estimate of drug-likeness (QED) is 0.601. The Balaban J connectivity index is 0.00000363. The fraction of sp³-hybridized carbons (Fsp3) is 0.524. The number of rotatable bonds is 7. The second-order valence-electron chi connectivity index (χ2n) is 8.56. The Hall–Kier alpha value is -1.46. The zero-order valence-electron chi connectivity index (χ0n) is 18.6. The molecule has 2 aromatic rings. The van der Waals surface area contributed by atoms with Crippen LogP contribution in [-0.4, -0.2) is 71.8 Å². The number of carbonyl (C=O) groups excluding carboxylic acids is 1. The molecule has 0 saturated carbocycles. The number of urea groups is 1. The van der Waals surface area contributed by atoms with Crippen LogP contribution in [0, 0.1) is 5.82 Å². The first-order valence-corrected chi connectivity index (χ1v) is 11.9. The van der Waals surface area contributed by atoms with Gasteiger partial charge in [0, 0.05) is 25.3 Å². The number of benzene rings is 1. The van der Waals surface area contributed by atoms with E-state index in [1.54, 1.807) is 7.05 Å². The first-order chi connectivity index (χ1) is 14.5. The topological polar surface area (TPSA) is 96.3 Å². The molecule has 1 aromatic carbocycles. The number of nitrogens with zero attached hydrogens (tertiary/aromatic N) is 3. The van der Waals surface area contributed by atoms with Crippen LogP contribution < -0.4 is 10.0 Å². The Morgan fingerprint density at radius 3 is 2.16 bits per heavy atom. The van der Waals surface area contributed by atoms with E-state index in [0.29, 0.717) is 23.4 Å². The SMILES string of the molecule is CC(C)c1cc(F)cc(C(C)C)c1NC(=O)NS(=O)(=O)c1cc(CN2CCC2)n(C)n1.[NaH]. The van der Waals surface area contributed by atoms with Crippen LogP contribution in [0.1, 0.15) is 62.8 Å². The zero-order valence-corrected chi connectivity index (χ0v) is 19.4. The van der Waals surface area contributed by atoms with Crippen molar-refractivity contribution >= 4 is 51.3 Å². The molecule has 0 unspecified atom stereocenters. The molecule has 11 heteroatoms. The Bertz CT molecular complexity index is 1050.